The average molecular weight is 397 g/mol. The van der Waals surface area contributed by atoms with Crippen LogP contribution in [0.2, 0.25) is 5.02 Å². The van der Waals surface area contributed by atoms with Gasteiger partial charge in [-0.15, -0.1) is 0 Å². The number of hydrogen-bond acceptors (Lipinski definition) is 5. The molecule has 0 bridgehead atoms. The van der Waals surface area contributed by atoms with Gasteiger partial charge < -0.3 is 20.5 Å². The second kappa shape index (κ2) is 11.2. The maximum absolute atomic E-state index is 12.5. The Labute approximate surface area is 163 Å². The van der Waals surface area contributed by atoms with Crippen LogP contribution in [0, 0.1) is 0 Å². The third kappa shape index (κ3) is 8.10. The van der Waals surface area contributed by atoms with Gasteiger partial charge in [0.1, 0.15) is 5.75 Å². The fraction of sp³-hybridized carbons (Fsp3) is 0.389. The van der Waals surface area contributed by atoms with Crippen molar-refractivity contribution in [3.63, 3.8) is 0 Å². The van der Waals surface area contributed by atoms with Crippen LogP contribution in [0.5, 0.6) is 5.75 Å². The molecule has 0 aliphatic heterocycles. The van der Waals surface area contributed by atoms with Crippen molar-refractivity contribution >= 4 is 23.5 Å². The van der Waals surface area contributed by atoms with E-state index >= 15 is 0 Å². The van der Waals surface area contributed by atoms with Crippen molar-refractivity contribution < 1.29 is 19.4 Å². The lowest BCUT2D eigenvalue weighted by atomic mass is 10.2. The van der Waals surface area contributed by atoms with Crippen molar-refractivity contribution in [1.82, 2.24) is 14.7 Å². The summed E-state index contributed by atoms with van der Waals surface area (Å²) in [7, 11) is 3.59. The van der Waals surface area contributed by atoms with Crippen LogP contribution in [-0.2, 0) is 18.4 Å². The summed E-state index contributed by atoms with van der Waals surface area (Å²) in [6, 6.07) is 5.05. The Morgan fingerprint density at radius 3 is 2.59 bits per heavy atom. The van der Waals surface area contributed by atoms with Crippen LogP contribution in [0.3, 0.4) is 0 Å². The number of hydrogen-bond donors (Lipinski definition) is 2. The van der Waals surface area contributed by atoms with Crippen molar-refractivity contribution in [1.29, 1.82) is 0 Å². The Bertz CT molecular complexity index is 760. The Kier molecular flexibility index (Phi) is 9.32. The van der Waals surface area contributed by atoms with Crippen molar-refractivity contribution in [3.8, 4) is 5.75 Å². The molecule has 0 saturated carbocycles. The van der Waals surface area contributed by atoms with Crippen molar-refractivity contribution in [2.45, 2.75) is 19.9 Å². The van der Waals surface area contributed by atoms with Gasteiger partial charge in [-0.2, -0.15) is 5.10 Å². The van der Waals surface area contributed by atoms with E-state index in [1.54, 1.807) is 41.0 Å². The van der Waals surface area contributed by atoms with Gasteiger partial charge in [-0.05, 0) is 31.2 Å². The third-order valence-electron chi connectivity index (χ3n) is 3.31. The van der Waals surface area contributed by atoms with Gasteiger partial charge in [-0.25, -0.2) is 0 Å². The molecule has 2 aromatic rings. The van der Waals surface area contributed by atoms with E-state index in [1.807, 2.05) is 13.2 Å². The number of halogens is 1. The largest absolute Gasteiger partial charge is 0.492 e. The fourth-order valence-corrected chi connectivity index (χ4v) is 2.37. The highest BCUT2D eigenvalue weighted by molar-refractivity contribution is 6.32. The topological polar surface area (TPSA) is 111 Å². The summed E-state index contributed by atoms with van der Waals surface area (Å²) in [5.41, 5.74) is 6.91. The Hall–Kier alpha value is -2.58. The highest BCUT2D eigenvalue weighted by atomic mass is 35.5. The van der Waals surface area contributed by atoms with E-state index in [-0.39, 0.29) is 5.91 Å². The molecule has 8 nitrogen and oxygen atoms in total. The number of amides is 1. The third-order valence-corrected chi connectivity index (χ3v) is 3.61. The van der Waals surface area contributed by atoms with Gasteiger partial charge >= 0.3 is 0 Å². The first-order valence-electron chi connectivity index (χ1n) is 8.29. The van der Waals surface area contributed by atoms with Crippen LogP contribution in [0.25, 0.3) is 0 Å². The summed E-state index contributed by atoms with van der Waals surface area (Å²) < 4.78 is 7.23. The highest BCUT2D eigenvalue weighted by Gasteiger charge is 2.14. The smallest absolute Gasteiger partial charge is 0.300 e. The number of rotatable bonds is 7. The fourth-order valence-electron chi connectivity index (χ4n) is 2.14. The molecular weight excluding hydrogens is 372 g/mol. The van der Waals surface area contributed by atoms with Crippen LogP contribution in [-0.4, -0.2) is 51.9 Å². The quantitative estimate of drug-likeness (QED) is 0.694. The average Bonchev–Trinajstić information content (AvgIpc) is 3.00. The van der Waals surface area contributed by atoms with Crippen LogP contribution in [0.4, 0.5) is 0 Å². The Morgan fingerprint density at radius 2 is 2.07 bits per heavy atom. The highest BCUT2D eigenvalue weighted by Crippen LogP contribution is 2.26. The molecule has 1 aromatic heterocycles. The molecule has 0 atom stereocenters. The van der Waals surface area contributed by atoms with Gasteiger partial charge in [0.15, 0.2) is 0 Å². The minimum absolute atomic E-state index is 0.107. The van der Waals surface area contributed by atoms with Crippen LogP contribution in [0.1, 0.15) is 29.3 Å². The summed E-state index contributed by atoms with van der Waals surface area (Å²) in [6.07, 6.45) is 4.38. The zero-order valence-electron chi connectivity index (χ0n) is 15.7. The predicted octanol–water partition coefficient (Wildman–Crippen LogP) is 2.16. The van der Waals surface area contributed by atoms with E-state index in [0.29, 0.717) is 36.0 Å². The first-order valence-corrected chi connectivity index (χ1v) is 8.67. The molecule has 2 rings (SSSR count). The molecule has 0 radical (unpaired) electrons. The van der Waals surface area contributed by atoms with E-state index in [4.69, 9.17) is 32.0 Å². The number of carboxylic acids is 1. The summed E-state index contributed by atoms with van der Waals surface area (Å²) in [6.45, 7) is 2.64. The van der Waals surface area contributed by atoms with E-state index in [1.165, 1.54) is 0 Å². The van der Waals surface area contributed by atoms with Crippen LogP contribution >= 0.6 is 11.6 Å². The van der Waals surface area contributed by atoms with Gasteiger partial charge in [-0.1, -0.05) is 11.6 Å². The molecule has 0 aliphatic rings. The first kappa shape index (κ1) is 22.5. The molecule has 3 N–H and O–H groups in total. The van der Waals surface area contributed by atoms with E-state index < -0.39 is 5.97 Å². The van der Waals surface area contributed by atoms with Gasteiger partial charge in [-0.3, -0.25) is 14.3 Å². The van der Waals surface area contributed by atoms with Crippen molar-refractivity contribution in [2.24, 2.45) is 12.8 Å². The molecule has 0 saturated heterocycles. The van der Waals surface area contributed by atoms with Crippen molar-refractivity contribution in [3.05, 3.63) is 46.7 Å². The lowest BCUT2D eigenvalue weighted by Gasteiger charge is -2.17. The standard InChI is InChI=1S/C16H21ClN4O2.C2H4O2/c1-20(10-12-9-19-21(2)11-12)16(22)13-4-5-15(14(17)8-13)23-7-3-6-18;1-2(3)4/h4-5,8-9,11H,3,6-7,10,18H2,1-2H3;1H3,(H,3,4). The Morgan fingerprint density at radius 1 is 1.41 bits per heavy atom. The summed E-state index contributed by atoms with van der Waals surface area (Å²) in [4.78, 5) is 23.1. The molecule has 0 spiro atoms. The maximum Gasteiger partial charge on any atom is 0.300 e. The number of ether oxygens (including phenoxy) is 1. The molecule has 0 fully saturated rings. The summed E-state index contributed by atoms with van der Waals surface area (Å²) >= 11 is 6.18. The van der Waals surface area contributed by atoms with Crippen molar-refractivity contribution in [2.75, 3.05) is 20.2 Å². The predicted molar refractivity (Wildman–Crippen MR) is 103 cm³/mol. The second-order valence-corrected chi connectivity index (χ2v) is 6.25. The first-order chi connectivity index (χ1) is 12.7. The molecule has 148 valence electrons. The zero-order chi connectivity index (χ0) is 20.4. The maximum atomic E-state index is 12.5. The zero-order valence-corrected chi connectivity index (χ0v) is 16.4. The van der Waals surface area contributed by atoms with Gasteiger partial charge in [0.05, 0.1) is 17.8 Å². The van der Waals surface area contributed by atoms with E-state index in [9.17, 15) is 4.79 Å². The molecule has 1 heterocycles. The SMILES string of the molecule is CC(=O)O.CN(Cc1cnn(C)c1)C(=O)c1ccc(OCCCN)c(Cl)c1. The number of carbonyl (C=O) groups is 2. The molecule has 0 aliphatic carbocycles. The summed E-state index contributed by atoms with van der Waals surface area (Å²) in [5.74, 6) is -0.379. The van der Waals surface area contributed by atoms with E-state index in [0.717, 1.165) is 18.9 Å². The number of nitrogens with two attached hydrogens (primary N) is 1. The number of aryl methyl sites for hydroxylation is 1. The monoisotopic (exact) mass is 396 g/mol. The molecule has 9 heteroatoms. The molecule has 27 heavy (non-hydrogen) atoms. The van der Waals surface area contributed by atoms with Gasteiger partial charge in [0.25, 0.3) is 11.9 Å². The molecule has 0 unspecified atom stereocenters. The molecule has 1 aromatic carbocycles. The number of carbonyl (C=O) groups excluding carboxylic acids is 1. The minimum atomic E-state index is -0.833. The number of carboxylic acid groups (broad SMARTS) is 1. The number of nitrogens with zero attached hydrogens (tertiary/aromatic N) is 3. The lowest BCUT2D eigenvalue weighted by Crippen LogP contribution is -2.26. The molecular formula is C18H25ClN4O4. The number of benzene rings is 1. The Balaban J connectivity index is 0.000000828. The summed E-state index contributed by atoms with van der Waals surface area (Å²) in [5, 5.41) is 11.9. The van der Waals surface area contributed by atoms with Gasteiger partial charge in [0.2, 0.25) is 0 Å². The van der Waals surface area contributed by atoms with Crippen LogP contribution in [0.15, 0.2) is 30.6 Å². The molecule has 1 amide bonds. The van der Waals surface area contributed by atoms with Crippen LogP contribution < -0.4 is 10.5 Å². The second-order valence-electron chi connectivity index (χ2n) is 5.84. The van der Waals surface area contributed by atoms with Gasteiger partial charge in [0, 0.05) is 44.9 Å². The minimum Gasteiger partial charge on any atom is -0.492 e. The lowest BCUT2D eigenvalue weighted by molar-refractivity contribution is -0.134. The van der Waals surface area contributed by atoms with E-state index in [2.05, 4.69) is 5.10 Å². The number of aliphatic carboxylic acids is 1. The normalized spacial score (nSPS) is 9.96. The number of aromatic nitrogens is 2.